The molecule has 46 valence electrons. The molecule has 2 rings (SSSR count). The van der Waals surface area contributed by atoms with Crippen LogP contribution in [0.25, 0.3) is 0 Å². The Balaban J connectivity index is 2.49. The van der Waals surface area contributed by atoms with Gasteiger partial charge in [-0.05, 0) is 17.2 Å². The van der Waals surface area contributed by atoms with Crippen LogP contribution in [0.5, 0.6) is 0 Å². The molecule has 0 unspecified atom stereocenters. The predicted molar refractivity (Wildman–Crippen MR) is 39.0 cm³/mol. The molecule has 0 aliphatic heterocycles. The Morgan fingerprint density at radius 1 is 1.20 bits per heavy atom. The van der Waals surface area contributed by atoms with Gasteiger partial charge in [-0.15, -0.1) is 0 Å². The fourth-order valence-electron chi connectivity index (χ4n) is 1.19. The molecule has 0 atom stereocenters. The third-order valence-electron chi connectivity index (χ3n) is 1.69. The third-order valence-corrected chi connectivity index (χ3v) is 1.69. The number of hydrogen-bond acceptors (Lipinski definition) is 1. The van der Waals surface area contributed by atoms with Crippen LogP contribution in [0.3, 0.4) is 0 Å². The van der Waals surface area contributed by atoms with Crippen molar-refractivity contribution >= 4 is 0 Å². The smallest absolute Gasteiger partial charge is 0.0998 e. The van der Waals surface area contributed by atoms with Gasteiger partial charge in [-0.1, -0.05) is 24.3 Å². The van der Waals surface area contributed by atoms with E-state index in [1.165, 1.54) is 0 Å². The number of nitriles is 1. The van der Waals surface area contributed by atoms with E-state index in [1.807, 2.05) is 30.4 Å². The molecule has 0 saturated carbocycles. The number of hydrogen-bond donors (Lipinski definition) is 0. The van der Waals surface area contributed by atoms with E-state index in [0.29, 0.717) is 0 Å². The summed E-state index contributed by atoms with van der Waals surface area (Å²) in [6.45, 7) is 0. The standard InChI is InChI=1S/C9H5N/c10-6-8-5-4-7-2-1-3-9(7)8/h1-5H. The van der Waals surface area contributed by atoms with E-state index < -0.39 is 0 Å². The summed E-state index contributed by atoms with van der Waals surface area (Å²) in [6, 6.07) is 2.14. The molecule has 2 aliphatic rings. The molecule has 1 heteroatoms. The lowest BCUT2D eigenvalue weighted by Gasteiger charge is -1.91. The van der Waals surface area contributed by atoms with Crippen LogP contribution in [-0.4, -0.2) is 0 Å². The van der Waals surface area contributed by atoms with Gasteiger partial charge >= 0.3 is 0 Å². The van der Waals surface area contributed by atoms with Gasteiger partial charge in [0.1, 0.15) is 0 Å². The summed E-state index contributed by atoms with van der Waals surface area (Å²) in [4.78, 5) is 0. The van der Waals surface area contributed by atoms with Gasteiger partial charge in [-0.25, -0.2) is 0 Å². The number of nitrogens with zero attached hydrogens (tertiary/aromatic N) is 1. The van der Waals surface area contributed by atoms with Crippen LogP contribution in [0.4, 0.5) is 0 Å². The average molecular weight is 127 g/mol. The van der Waals surface area contributed by atoms with E-state index in [1.54, 1.807) is 0 Å². The van der Waals surface area contributed by atoms with Gasteiger partial charge in [-0.3, -0.25) is 0 Å². The first kappa shape index (κ1) is 5.25. The zero-order valence-electron chi connectivity index (χ0n) is 5.33. The normalized spacial score (nSPS) is 19.3. The maximum absolute atomic E-state index is 8.59. The maximum Gasteiger partial charge on any atom is 0.0998 e. The van der Waals surface area contributed by atoms with Crippen LogP contribution in [-0.2, 0) is 0 Å². The molecular weight excluding hydrogens is 122 g/mol. The molecule has 2 aliphatic carbocycles. The minimum absolute atomic E-state index is 0.778. The Morgan fingerprint density at radius 3 is 2.90 bits per heavy atom. The summed E-state index contributed by atoms with van der Waals surface area (Å²) >= 11 is 0. The average Bonchev–Trinajstić information content (AvgIpc) is 2.44. The molecule has 0 fully saturated rings. The second kappa shape index (κ2) is 1.71. The first-order chi connectivity index (χ1) is 4.92. The molecular formula is C9H5N. The lowest BCUT2D eigenvalue weighted by molar-refractivity contribution is 1.47. The highest BCUT2D eigenvalue weighted by Gasteiger charge is 2.14. The number of rotatable bonds is 0. The minimum Gasteiger partial charge on any atom is -0.192 e. The second-order valence-electron chi connectivity index (χ2n) is 2.25. The van der Waals surface area contributed by atoms with Gasteiger partial charge in [0.2, 0.25) is 0 Å². The lowest BCUT2D eigenvalue weighted by atomic mass is 10.1. The van der Waals surface area contributed by atoms with E-state index >= 15 is 0 Å². The molecule has 0 radical (unpaired) electrons. The maximum atomic E-state index is 8.59. The molecule has 0 aromatic carbocycles. The number of allylic oxidation sites excluding steroid dienone is 8. The van der Waals surface area contributed by atoms with Crippen molar-refractivity contribution in [3.63, 3.8) is 0 Å². The van der Waals surface area contributed by atoms with Crippen molar-refractivity contribution < 1.29 is 0 Å². The van der Waals surface area contributed by atoms with Gasteiger partial charge in [0.05, 0.1) is 11.6 Å². The molecule has 0 spiro atoms. The number of fused-ring (bicyclic) bond motifs is 1. The fourth-order valence-corrected chi connectivity index (χ4v) is 1.19. The van der Waals surface area contributed by atoms with Crippen molar-refractivity contribution in [1.29, 1.82) is 5.26 Å². The minimum atomic E-state index is 0.778. The zero-order valence-corrected chi connectivity index (χ0v) is 5.33. The van der Waals surface area contributed by atoms with Crippen molar-refractivity contribution in [2.45, 2.75) is 0 Å². The fraction of sp³-hybridized carbons (Fsp3) is 0. The predicted octanol–water partition coefficient (Wildman–Crippen LogP) is 1.87. The van der Waals surface area contributed by atoms with E-state index in [4.69, 9.17) is 5.26 Å². The third kappa shape index (κ3) is 0.506. The van der Waals surface area contributed by atoms with Crippen molar-refractivity contribution in [2.24, 2.45) is 0 Å². The Morgan fingerprint density at radius 2 is 2.10 bits per heavy atom. The molecule has 0 aromatic heterocycles. The van der Waals surface area contributed by atoms with Crippen molar-refractivity contribution in [3.05, 3.63) is 47.1 Å². The van der Waals surface area contributed by atoms with E-state index in [9.17, 15) is 0 Å². The van der Waals surface area contributed by atoms with E-state index in [2.05, 4.69) is 6.07 Å². The van der Waals surface area contributed by atoms with Crippen LogP contribution < -0.4 is 0 Å². The largest absolute Gasteiger partial charge is 0.192 e. The Hall–Kier alpha value is -1.55. The van der Waals surface area contributed by atoms with Crippen LogP contribution in [0, 0.1) is 11.3 Å². The van der Waals surface area contributed by atoms with Gasteiger partial charge < -0.3 is 0 Å². The Kier molecular flexibility index (Phi) is 0.900. The van der Waals surface area contributed by atoms with Crippen LogP contribution in [0.15, 0.2) is 47.1 Å². The SMILES string of the molecule is N#CC1=CC=C2C=CC=C12. The molecule has 0 bridgehead atoms. The quantitative estimate of drug-likeness (QED) is 0.487. The molecule has 0 saturated heterocycles. The van der Waals surface area contributed by atoms with Gasteiger partial charge in [0, 0.05) is 0 Å². The van der Waals surface area contributed by atoms with E-state index in [-0.39, 0.29) is 0 Å². The van der Waals surface area contributed by atoms with Gasteiger partial charge in [0.15, 0.2) is 0 Å². The summed E-state index contributed by atoms with van der Waals surface area (Å²) in [6.07, 6.45) is 9.76. The zero-order chi connectivity index (χ0) is 6.97. The van der Waals surface area contributed by atoms with Crippen molar-refractivity contribution in [2.75, 3.05) is 0 Å². The monoisotopic (exact) mass is 127 g/mol. The highest BCUT2D eigenvalue weighted by molar-refractivity contribution is 5.67. The van der Waals surface area contributed by atoms with Gasteiger partial charge in [-0.2, -0.15) is 5.26 Å². The molecule has 1 nitrogen and oxygen atoms in total. The Bertz CT molecular complexity index is 332. The van der Waals surface area contributed by atoms with Crippen LogP contribution in [0.2, 0.25) is 0 Å². The highest BCUT2D eigenvalue weighted by atomic mass is 14.3. The molecule has 0 heterocycles. The summed E-state index contributed by atoms with van der Waals surface area (Å²) in [5.41, 5.74) is 3.01. The molecule has 0 amide bonds. The topological polar surface area (TPSA) is 23.8 Å². The summed E-state index contributed by atoms with van der Waals surface area (Å²) in [5, 5.41) is 8.59. The van der Waals surface area contributed by atoms with Crippen LogP contribution >= 0.6 is 0 Å². The van der Waals surface area contributed by atoms with E-state index in [0.717, 1.165) is 16.7 Å². The van der Waals surface area contributed by atoms with Gasteiger partial charge in [0.25, 0.3) is 0 Å². The molecule has 0 aromatic rings. The first-order valence-electron chi connectivity index (χ1n) is 3.13. The summed E-state index contributed by atoms with van der Waals surface area (Å²) < 4.78 is 0. The molecule has 10 heavy (non-hydrogen) atoms. The van der Waals surface area contributed by atoms with Crippen molar-refractivity contribution in [3.8, 4) is 6.07 Å². The Labute approximate surface area is 59.3 Å². The summed E-state index contributed by atoms with van der Waals surface area (Å²) in [7, 11) is 0. The summed E-state index contributed by atoms with van der Waals surface area (Å²) in [5.74, 6) is 0. The first-order valence-corrected chi connectivity index (χ1v) is 3.13. The lowest BCUT2D eigenvalue weighted by Crippen LogP contribution is -1.78. The highest BCUT2D eigenvalue weighted by Crippen LogP contribution is 2.29. The van der Waals surface area contributed by atoms with Crippen molar-refractivity contribution in [1.82, 2.24) is 0 Å². The second-order valence-corrected chi connectivity index (χ2v) is 2.25. The molecule has 0 N–H and O–H groups in total. The van der Waals surface area contributed by atoms with Crippen LogP contribution in [0.1, 0.15) is 0 Å².